The van der Waals surface area contributed by atoms with Crippen molar-refractivity contribution in [1.82, 2.24) is 15.2 Å². The second-order valence-electron chi connectivity index (χ2n) is 6.37. The molecule has 134 valence electrons. The molecule has 3 rings (SSSR count). The van der Waals surface area contributed by atoms with E-state index in [-0.39, 0.29) is 6.04 Å². The number of nitrogens with one attached hydrogen (secondary N) is 1. The third-order valence-corrected chi connectivity index (χ3v) is 4.48. The Kier molecular flexibility index (Phi) is 5.39. The highest BCUT2D eigenvalue weighted by molar-refractivity contribution is 5.32. The van der Waals surface area contributed by atoms with Gasteiger partial charge >= 0.3 is 6.18 Å². The molecular formula is C19H22F3N3. The van der Waals surface area contributed by atoms with E-state index in [1.807, 2.05) is 25.1 Å². The molecule has 2 heterocycles. The van der Waals surface area contributed by atoms with Crippen LogP contribution in [0.25, 0.3) is 0 Å². The Morgan fingerprint density at radius 3 is 2.48 bits per heavy atom. The molecule has 0 saturated carbocycles. The lowest BCUT2D eigenvalue weighted by molar-refractivity contribution is -0.137. The van der Waals surface area contributed by atoms with Gasteiger partial charge in [0.25, 0.3) is 0 Å². The number of nitrogens with zero attached hydrogens (tertiary/aromatic N) is 2. The van der Waals surface area contributed by atoms with Gasteiger partial charge in [-0.05, 0) is 49.7 Å². The summed E-state index contributed by atoms with van der Waals surface area (Å²) in [7, 11) is 0. The van der Waals surface area contributed by atoms with Crippen molar-refractivity contribution >= 4 is 0 Å². The Bertz CT molecular complexity index is 690. The predicted molar refractivity (Wildman–Crippen MR) is 91.3 cm³/mol. The van der Waals surface area contributed by atoms with Crippen molar-refractivity contribution in [3.05, 3.63) is 65.0 Å². The maximum Gasteiger partial charge on any atom is 0.416 e. The number of benzene rings is 1. The van der Waals surface area contributed by atoms with Gasteiger partial charge in [0.05, 0.1) is 17.3 Å². The summed E-state index contributed by atoms with van der Waals surface area (Å²) in [5.74, 6) is 0. The van der Waals surface area contributed by atoms with Crippen LogP contribution < -0.4 is 5.32 Å². The quantitative estimate of drug-likeness (QED) is 0.914. The van der Waals surface area contributed by atoms with Crippen molar-refractivity contribution in [2.45, 2.75) is 25.6 Å². The van der Waals surface area contributed by atoms with Gasteiger partial charge in [0.15, 0.2) is 0 Å². The summed E-state index contributed by atoms with van der Waals surface area (Å²) in [6.07, 6.45) is -3.31. The Balaban J connectivity index is 1.98. The zero-order valence-electron chi connectivity index (χ0n) is 14.2. The minimum Gasteiger partial charge on any atom is -0.315 e. The van der Waals surface area contributed by atoms with Crippen LogP contribution in [0.1, 0.15) is 35.0 Å². The summed E-state index contributed by atoms with van der Waals surface area (Å²) < 4.78 is 38.6. The second kappa shape index (κ2) is 7.54. The molecule has 1 saturated heterocycles. The van der Waals surface area contributed by atoms with Crippen LogP contribution in [-0.4, -0.2) is 36.1 Å². The van der Waals surface area contributed by atoms with E-state index in [1.165, 1.54) is 0 Å². The Morgan fingerprint density at radius 2 is 1.80 bits per heavy atom. The van der Waals surface area contributed by atoms with Crippen LogP contribution in [0.2, 0.25) is 0 Å². The summed E-state index contributed by atoms with van der Waals surface area (Å²) in [5, 5.41) is 3.36. The number of hydrogen-bond donors (Lipinski definition) is 1. The third-order valence-electron chi connectivity index (χ3n) is 4.48. The molecule has 1 N–H and O–H groups in total. The van der Waals surface area contributed by atoms with E-state index in [1.54, 1.807) is 12.1 Å². The third kappa shape index (κ3) is 4.38. The first-order chi connectivity index (χ1) is 11.9. The van der Waals surface area contributed by atoms with Gasteiger partial charge in [0.2, 0.25) is 0 Å². The van der Waals surface area contributed by atoms with E-state index < -0.39 is 11.7 Å². The van der Waals surface area contributed by atoms with Gasteiger partial charge < -0.3 is 5.32 Å². The Morgan fingerprint density at radius 1 is 1.04 bits per heavy atom. The molecule has 1 aromatic carbocycles. The average molecular weight is 349 g/mol. The number of aromatic nitrogens is 1. The predicted octanol–water partition coefficient (Wildman–Crippen LogP) is 3.79. The molecule has 2 aromatic rings. The van der Waals surface area contributed by atoms with E-state index in [9.17, 15) is 13.2 Å². The summed E-state index contributed by atoms with van der Waals surface area (Å²) in [4.78, 5) is 6.94. The minimum absolute atomic E-state index is 0.137. The van der Waals surface area contributed by atoms with E-state index >= 15 is 0 Å². The molecular weight excluding hydrogens is 327 g/mol. The lowest BCUT2D eigenvalue weighted by atomic mass is 9.99. The first-order valence-corrected chi connectivity index (χ1v) is 8.50. The number of aryl methyl sites for hydroxylation is 1. The molecule has 1 aliphatic heterocycles. The number of pyridine rings is 1. The summed E-state index contributed by atoms with van der Waals surface area (Å²) >= 11 is 0. The first-order valence-electron chi connectivity index (χ1n) is 8.50. The van der Waals surface area contributed by atoms with Crippen molar-refractivity contribution < 1.29 is 13.2 Å². The lowest BCUT2D eigenvalue weighted by Gasteiger charge is -2.30. The van der Waals surface area contributed by atoms with Crippen LogP contribution in [-0.2, 0) is 6.18 Å². The van der Waals surface area contributed by atoms with Crippen molar-refractivity contribution in [1.29, 1.82) is 0 Å². The topological polar surface area (TPSA) is 28.2 Å². The van der Waals surface area contributed by atoms with Crippen molar-refractivity contribution in [2.24, 2.45) is 0 Å². The largest absolute Gasteiger partial charge is 0.416 e. The summed E-state index contributed by atoms with van der Waals surface area (Å²) in [6, 6.07) is 11.2. The molecule has 3 nitrogen and oxygen atoms in total. The molecule has 1 aromatic heterocycles. The van der Waals surface area contributed by atoms with E-state index in [2.05, 4.69) is 15.2 Å². The van der Waals surface area contributed by atoms with Gasteiger partial charge in [-0.1, -0.05) is 18.2 Å². The van der Waals surface area contributed by atoms with Gasteiger partial charge in [-0.15, -0.1) is 0 Å². The molecule has 1 atom stereocenters. The molecule has 1 aliphatic rings. The fourth-order valence-corrected chi connectivity index (χ4v) is 3.26. The van der Waals surface area contributed by atoms with Gasteiger partial charge in [-0.2, -0.15) is 13.2 Å². The monoisotopic (exact) mass is 349 g/mol. The molecule has 6 heteroatoms. The SMILES string of the molecule is Cc1cccc(C(c2ccc(C(F)(F)F)cc2)N2CCCNCC2)n1. The van der Waals surface area contributed by atoms with Gasteiger partial charge in [-0.25, -0.2) is 0 Å². The minimum atomic E-state index is -4.32. The zero-order chi connectivity index (χ0) is 17.9. The summed E-state index contributed by atoms with van der Waals surface area (Å²) in [6.45, 7) is 5.47. The highest BCUT2D eigenvalue weighted by Crippen LogP contribution is 2.33. The molecule has 1 unspecified atom stereocenters. The van der Waals surface area contributed by atoms with Crippen LogP contribution in [0.4, 0.5) is 13.2 Å². The van der Waals surface area contributed by atoms with Crippen molar-refractivity contribution in [3.8, 4) is 0 Å². The normalized spacial score (nSPS) is 17.9. The van der Waals surface area contributed by atoms with Crippen LogP contribution in [0.5, 0.6) is 0 Å². The standard InChI is InChI=1S/C19H22F3N3/c1-14-4-2-5-17(24-14)18(25-12-3-10-23-11-13-25)15-6-8-16(9-7-15)19(20,21)22/h2,4-9,18,23H,3,10-13H2,1H3. The molecule has 25 heavy (non-hydrogen) atoms. The molecule has 0 aliphatic carbocycles. The molecule has 0 radical (unpaired) electrons. The van der Waals surface area contributed by atoms with Gasteiger partial charge in [-0.3, -0.25) is 9.88 Å². The zero-order valence-corrected chi connectivity index (χ0v) is 14.2. The Hall–Kier alpha value is -1.92. The average Bonchev–Trinajstić information content (AvgIpc) is 2.84. The number of hydrogen-bond acceptors (Lipinski definition) is 3. The molecule has 0 bridgehead atoms. The van der Waals surface area contributed by atoms with Crippen LogP contribution >= 0.6 is 0 Å². The van der Waals surface area contributed by atoms with Crippen molar-refractivity contribution in [3.63, 3.8) is 0 Å². The first kappa shape index (κ1) is 17.9. The number of halogens is 3. The van der Waals surface area contributed by atoms with Crippen LogP contribution in [0.3, 0.4) is 0 Å². The van der Waals surface area contributed by atoms with Gasteiger partial charge in [0, 0.05) is 25.3 Å². The van der Waals surface area contributed by atoms with Crippen molar-refractivity contribution in [2.75, 3.05) is 26.2 Å². The van der Waals surface area contributed by atoms with Crippen LogP contribution in [0, 0.1) is 6.92 Å². The number of alkyl halides is 3. The van der Waals surface area contributed by atoms with E-state index in [0.29, 0.717) is 0 Å². The molecule has 1 fully saturated rings. The highest BCUT2D eigenvalue weighted by atomic mass is 19.4. The highest BCUT2D eigenvalue weighted by Gasteiger charge is 2.31. The van der Waals surface area contributed by atoms with E-state index in [4.69, 9.17) is 0 Å². The maximum absolute atomic E-state index is 12.9. The maximum atomic E-state index is 12.9. The van der Waals surface area contributed by atoms with Gasteiger partial charge in [0.1, 0.15) is 0 Å². The van der Waals surface area contributed by atoms with E-state index in [0.717, 1.165) is 61.7 Å². The fraction of sp³-hybridized carbons (Fsp3) is 0.421. The molecule has 0 amide bonds. The smallest absolute Gasteiger partial charge is 0.315 e. The van der Waals surface area contributed by atoms with Crippen LogP contribution in [0.15, 0.2) is 42.5 Å². The molecule has 0 spiro atoms. The summed E-state index contributed by atoms with van der Waals surface area (Å²) in [5.41, 5.74) is 2.00. The Labute approximate surface area is 145 Å². The number of rotatable bonds is 3. The second-order valence-corrected chi connectivity index (χ2v) is 6.37. The lowest BCUT2D eigenvalue weighted by Crippen LogP contribution is -2.33. The fourth-order valence-electron chi connectivity index (χ4n) is 3.26.